The van der Waals surface area contributed by atoms with Gasteiger partial charge in [0.2, 0.25) is 6.73 Å². The Balaban J connectivity index is 0.00000370. The average molecular weight is 557 g/mol. The summed E-state index contributed by atoms with van der Waals surface area (Å²) in [6, 6.07) is 4.51. The highest BCUT2D eigenvalue weighted by Crippen LogP contribution is 2.35. The van der Waals surface area contributed by atoms with Crippen LogP contribution in [-0.2, 0) is 28.9 Å². The number of likely N-dealkylation sites (tertiary alicyclic amines) is 1. The first-order valence-electron chi connectivity index (χ1n) is 14.0. The molecule has 0 radical (unpaired) electrons. The van der Waals surface area contributed by atoms with Crippen molar-refractivity contribution in [3.05, 3.63) is 64.6 Å². The number of carbonyl (C=O) groups is 1. The van der Waals surface area contributed by atoms with Gasteiger partial charge in [0.15, 0.2) is 5.58 Å². The molecule has 2 aromatic heterocycles. The van der Waals surface area contributed by atoms with E-state index in [0.29, 0.717) is 29.6 Å². The molecule has 0 aliphatic carbocycles. The molecule has 2 aliphatic rings. The van der Waals surface area contributed by atoms with Gasteiger partial charge in [-0.3, -0.25) is 13.8 Å². The number of benzene rings is 1. The number of piperidine rings is 1. The Labute approximate surface area is 234 Å². The quantitative estimate of drug-likeness (QED) is 0.210. The van der Waals surface area contributed by atoms with E-state index < -0.39 is 6.16 Å². The number of hydrogen-bond donors (Lipinski definition) is 0. The zero-order chi connectivity index (χ0) is 27.6. The normalized spacial score (nSPS) is 20.7. The second-order valence-electron chi connectivity index (χ2n) is 11.5. The van der Waals surface area contributed by atoms with Crippen LogP contribution in [0.4, 0.5) is 9.18 Å². The lowest BCUT2D eigenvalue weighted by Crippen LogP contribution is -2.55. The van der Waals surface area contributed by atoms with Gasteiger partial charge in [-0.1, -0.05) is 19.0 Å². The topological polar surface area (TPSA) is 96.5 Å². The van der Waals surface area contributed by atoms with Gasteiger partial charge in [0.25, 0.3) is 5.56 Å². The maximum Gasteiger partial charge on any atom is 0.512 e. The molecule has 0 atom stereocenters. The third-order valence-electron chi connectivity index (χ3n) is 8.16. The third-order valence-corrected chi connectivity index (χ3v) is 8.16. The molecular weight excluding hydrogens is 515 g/mol. The number of ether oxygens (including phenoxy) is 2. The summed E-state index contributed by atoms with van der Waals surface area (Å²) >= 11 is 0. The number of rotatable bonds is 8. The van der Waals surface area contributed by atoms with E-state index in [1.165, 1.54) is 12.1 Å². The van der Waals surface area contributed by atoms with E-state index in [1.54, 1.807) is 6.07 Å². The Kier molecular flexibility index (Phi) is 9.28. The third kappa shape index (κ3) is 6.37. The van der Waals surface area contributed by atoms with E-state index in [1.807, 2.05) is 25.3 Å². The van der Waals surface area contributed by atoms with Crippen LogP contribution in [0.2, 0.25) is 0 Å². The highest BCUT2D eigenvalue weighted by Gasteiger charge is 2.38. The number of halogens is 1. The molecule has 0 unspecified atom stereocenters. The molecule has 0 N–H and O–H groups in total. The van der Waals surface area contributed by atoms with E-state index in [4.69, 9.17) is 19.0 Å². The monoisotopic (exact) mass is 556 g/mol. The molecule has 1 aromatic carbocycles. The summed E-state index contributed by atoms with van der Waals surface area (Å²) in [6.07, 6.45) is 4.38. The van der Waals surface area contributed by atoms with Crippen LogP contribution in [0.5, 0.6) is 0 Å². The first-order chi connectivity index (χ1) is 18.7. The van der Waals surface area contributed by atoms with Crippen molar-refractivity contribution in [3.63, 3.8) is 0 Å². The minimum absolute atomic E-state index is 0. The number of aryl methyl sites for hydroxylation is 2. The maximum absolute atomic E-state index is 13.6. The predicted molar refractivity (Wildman–Crippen MR) is 149 cm³/mol. The van der Waals surface area contributed by atoms with Crippen molar-refractivity contribution in [2.75, 3.05) is 33.0 Å². The standard InChI is InChI=1S/C29H38FN4O5.CH3/c1-19(2)17-37-29(36)38-18-34(15-11-23-20(3)31-26-6-4-5-12-33(26)28(23)35)13-9-21(10-14-34)27-24-8-7-22(30)16-25(24)39-32-27;/h7-8,16,19,21H,4-6,9-15,17-18H2,1-3H3;1H3/q+1;-1. The van der Waals surface area contributed by atoms with E-state index in [9.17, 15) is 14.0 Å². The van der Waals surface area contributed by atoms with Gasteiger partial charge in [0, 0.05) is 60.9 Å². The first kappa shape index (κ1) is 29.7. The first-order valence-corrected chi connectivity index (χ1v) is 14.0. The minimum atomic E-state index is -0.667. The molecule has 3 aromatic rings. The second kappa shape index (κ2) is 12.5. The largest absolute Gasteiger partial charge is 0.512 e. The van der Waals surface area contributed by atoms with Gasteiger partial charge in [-0.05, 0) is 37.8 Å². The zero-order valence-electron chi connectivity index (χ0n) is 24.1. The van der Waals surface area contributed by atoms with Gasteiger partial charge < -0.3 is 21.4 Å². The lowest BCUT2D eigenvalue weighted by Gasteiger charge is -2.42. The Bertz CT molecular complexity index is 1390. The lowest BCUT2D eigenvalue weighted by atomic mass is 9.90. The van der Waals surface area contributed by atoms with Crippen LogP contribution in [-0.4, -0.2) is 58.3 Å². The number of hydrogen-bond acceptors (Lipinski definition) is 7. The lowest BCUT2D eigenvalue weighted by molar-refractivity contribution is -0.948. The van der Waals surface area contributed by atoms with Crippen LogP contribution in [0.1, 0.15) is 68.2 Å². The fourth-order valence-electron chi connectivity index (χ4n) is 5.87. The minimum Gasteiger partial charge on any atom is -0.434 e. The van der Waals surface area contributed by atoms with E-state index in [-0.39, 0.29) is 37.4 Å². The van der Waals surface area contributed by atoms with Crippen LogP contribution >= 0.6 is 0 Å². The molecule has 1 saturated heterocycles. The summed E-state index contributed by atoms with van der Waals surface area (Å²) in [6.45, 7) is 9.17. The molecule has 218 valence electrons. The van der Waals surface area contributed by atoms with Crippen molar-refractivity contribution in [3.8, 4) is 0 Å². The number of aromatic nitrogens is 3. The number of carbonyl (C=O) groups excluding carboxylic acids is 1. The smallest absolute Gasteiger partial charge is 0.434 e. The molecule has 10 heteroatoms. The summed E-state index contributed by atoms with van der Waals surface area (Å²) in [5.41, 5.74) is 2.88. The summed E-state index contributed by atoms with van der Waals surface area (Å²) in [5.74, 6) is 0.894. The second-order valence-corrected chi connectivity index (χ2v) is 11.5. The van der Waals surface area contributed by atoms with Crippen molar-refractivity contribution >= 4 is 17.1 Å². The molecule has 0 saturated carbocycles. The van der Waals surface area contributed by atoms with Crippen molar-refractivity contribution in [1.82, 2.24) is 14.7 Å². The van der Waals surface area contributed by atoms with Crippen LogP contribution in [0.3, 0.4) is 0 Å². The zero-order valence-corrected chi connectivity index (χ0v) is 24.1. The highest BCUT2D eigenvalue weighted by molar-refractivity contribution is 5.79. The van der Waals surface area contributed by atoms with Gasteiger partial charge in [-0.25, -0.2) is 14.2 Å². The average Bonchev–Trinajstić information content (AvgIpc) is 3.34. The molecule has 0 bridgehead atoms. The fourth-order valence-corrected chi connectivity index (χ4v) is 5.87. The Morgan fingerprint density at radius 1 is 1.23 bits per heavy atom. The van der Waals surface area contributed by atoms with Gasteiger partial charge in [0.05, 0.1) is 31.9 Å². The predicted octanol–water partition coefficient (Wildman–Crippen LogP) is 5.32. The van der Waals surface area contributed by atoms with Crippen molar-refractivity contribution in [2.24, 2.45) is 5.92 Å². The summed E-state index contributed by atoms with van der Waals surface area (Å²) in [5, 5.41) is 5.11. The maximum atomic E-state index is 13.6. The van der Waals surface area contributed by atoms with Crippen LogP contribution in [0, 0.1) is 26.1 Å². The molecule has 40 heavy (non-hydrogen) atoms. The van der Waals surface area contributed by atoms with Gasteiger partial charge in [0.1, 0.15) is 11.6 Å². The van der Waals surface area contributed by atoms with E-state index in [2.05, 4.69) is 5.16 Å². The van der Waals surface area contributed by atoms with Crippen molar-refractivity contribution in [2.45, 2.75) is 71.8 Å². The fraction of sp³-hybridized carbons (Fsp3) is 0.567. The summed E-state index contributed by atoms with van der Waals surface area (Å²) < 4.78 is 32.3. The van der Waals surface area contributed by atoms with Gasteiger partial charge >= 0.3 is 6.16 Å². The summed E-state index contributed by atoms with van der Waals surface area (Å²) in [4.78, 5) is 30.4. The van der Waals surface area contributed by atoms with Crippen LogP contribution in [0.25, 0.3) is 11.0 Å². The molecule has 5 rings (SSSR count). The van der Waals surface area contributed by atoms with Crippen molar-refractivity contribution < 1.29 is 27.7 Å². The van der Waals surface area contributed by atoms with Crippen molar-refractivity contribution in [1.29, 1.82) is 0 Å². The molecule has 4 heterocycles. The van der Waals surface area contributed by atoms with E-state index in [0.717, 1.165) is 79.9 Å². The highest BCUT2D eigenvalue weighted by atomic mass is 19.1. The van der Waals surface area contributed by atoms with Crippen LogP contribution < -0.4 is 5.56 Å². The SMILES string of the molecule is Cc1nc2n(c(=O)c1CC[N+]1(COC(=O)OCC(C)C)CCC(c3noc4cc(F)ccc34)CC1)CCCC2.[CH3-]. The van der Waals surface area contributed by atoms with E-state index >= 15 is 0 Å². The van der Waals surface area contributed by atoms with Crippen LogP contribution in [0.15, 0.2) is 27.5 Å². The number of nitrogens with zero attached hydrogens (tertiary/aromatic N) is 4. The molecular formula is C30H41FN4O5. The van der Waals surface area contributed by atoms with Gasteiger partial charge in [-0.2, -0.15) is 0 Å². The molecule has 2 aliphatic heterocycles. The Hall–Kier alpha value is -3.27. The molecule has 0 amide bonds. The molecule has 0 spiro atoms. The summed E-state index contributed by atoms with van der Waals surface area (Å²) in [7, 11) is 0. The Morgan fingerprint density at radius 2 is 2.00 bits per heavy atom. The number of fused-ring (bicyclic) bond motifs is 2. The number of quaternary nitrogens is 1. The van der Waals surface area contributed by atoms with Gasteiger partial charge in [-0.15, -0.1) is 0 Å². The Morgan fingerprint density at radius 3 is 2.75 bits per heavy atom. The molecule has 1 fully saturated rings. The molecule has 9 nitrogen and oxygen atoms in total.